The largest absolute Gasteiger partial charge is 0.490 e. The predicted octanol–water partition coefficient (Wildman–Crippen LogP) is 3.62. The molecule has 1 fully saturated rings. The third kappa shape index (κ3) is 3.83. The van der Waals surface area contributed by atoms with E-state index < -0.39 is 0 Å². The normalized spacial score (nSPS) is 19.8. The topological polar surface area (TPSA) is 50.8 Å². The molecule has 2 aromatic carbocycles. The van der Waals surface area contributed by atoms with Gasteiger partial charge in [-0.25, -0.2) is 0 Å². The highest BCUT2D eigenvalue weighted by Crippen LogP contribution is 2.37. The highest BCUT2D eigenvalue weighted by molar-refractivity contribution is 5.92. The zero-order valence-corrected chi connectivity index (χ0v) is 14.8. The Kier molecular flexibility index (Phi) is 5.07. The van der Waals surface area contributed by atoms with E-state index in [2.05, 4.69) is 22.3 Å². The van der Waals surface area contributed by atoms with Gasteiger partial charge in [-0.15, -0.1) is 0 Å². The van der Waals surface area contributed by atoms with Gasteiger partial charge in [-0.2, -0.15) is 0 Å². The first-order valence-corrected chi connectivity index (χ1v) is 9.28. The fraction of sp³-hybridized carbons (Fsp3) is 0.381. The van der Waals surface area contributed by atoms with Gasteiger partial charge in [-0.1, -0.05) is 24.3 Å². The molecule has 2 aliphatic rings. The third-order valence-corrected chi connectivity index (χ3v) is 4.92. The van der Waals surface area contributed by atoms with Gasteiger partial charge in [0.25, 0.3) is 0 Å². The molecule has 0 bridgehead atoms. The number of fused-ring (bicyclic) bond motifs is 1. The van der Waals surface area contributed by atoms with Crippen LogP contribution in [0.3, 0.4) is 0 Å². The number of carbonyl (C=O) groups is 1. The molecule has 26 heavy (non-hydrogen) atoms. The van der Waals surface area contributed by atoms with Crippen LogP contribution in [0.4, 0.5) is 5.69 Å². The molecule has 0 aromatic heterocycles. The Morgan fingerprint density at radius 3 is 2.69 bits per heavy atom. The Morgan fingerprint density at radius 1 is 1.04 bits per heavy atom. The molecule has 136 valence electrons. The van der Waals surface area contributed by atoms with Gasteiger partial charge in [0.1, 0.15) is 0 Å². The summed E-state index contributed by atoms with van der Waals surface area (Å²) >= 11 is 0. The molecule has 0 radical (unpaired) electrons. The quantitative estimate of drug-likeness (QED) is 0.913. The predicted molar refractivity (Wildman–Crippen MR) is 101 cm³/mol. The Balaban J connectivity index is 1.45. The number of rotatable bonds is 4. The SMILES string of the molecule is O=C(CN1CCC[C@@H]1c1ccc2c(c1)OCCCO2)Nc1ccccc1. The van der Waals surface area contributed by atoms with Gasteiger partial charge in [0, 0.05) is 18.2 Å². The van der Waals surface area contributed by atoms with Crippen LogP contribution in [0.2, 0.25) is 0 Å². The molecule has 0 unspecified atom stereocenters. The number of hydrogen-bond acceptors (Lipinski definition) is 4. The number of benzene rings is 2. The average molecular weight is 352 g/mol. The van der Waals surface area contributed by atoms with E-state index in [0.717, 1.165) is 43.0 Å². The highest BCUT2D eigenvalue weighted by Gasteiger charge is 2.28. The van der Waals surface area contributed by atoms with E-state index in [1.54, 1.807) is 0 Å². The average Bonchev–Trinajstić information content (AvgIpc) is 2.98. The number of nitrogens with zero attached hydrogens (tertiary/aromatic N) is 1. The number of likely N-dealkylation sites (tertiary alicyclic amines) is 1. The minimum Gasteiger partial charge on any atom is -0.490 e. The molecule has 1 amide bonds. The van der Waals surface area contributed by atoms with Crippen molar-refractivity contribution in [3.63, 3.8) is 0 Å². The van der Waals surface area contributed by atoms with Crippen molar-refractivity contribution in [3.05, 3.63) is 54.1 Å². The van der Waals surface area contributed by atoms with Gasteiger partial charge in [-0.05, 0) is 49.2 Å². The number of hydrogen-bond donors (Lipinski definition) is 1. The standard InChI is InChI=1S/C21H24N2O3/c24-21(22-17-6-2-1-3-7-17)15-23-11-4-8-18(23)16-9-10-19-20(14-16)26-13-5-12-25-19/h1-3,6-7,9-10,14,18H,4-5,8,11-13,15H2,(H,22,24)/t18-/m1/s1. The summed E-state index contributed by atoms with van der Waals surface area (Å²) in [7, 11) is 0. The summed E-state index contributed by atoms with van der Waals surface area (Å²) in [5, 5.41) is 2.97. The van der Waals surface area contributed by atoms with E-state index in [0.29, 0.717) is 19.8 Å². The lowest BCUT2D eigenvalue weighted by Crippen LogP contribution is -2.32. The third-order valence-electron chi connectivity index (χ3n) is 4.92. The van der Waals surface area contributed by atoms with Gasteiger partial charge < -0.3 is 14.8 Å². The number of carbonyl (C=O) groups excluding carboxylic acids is 1. The molecule has 2 heterocycles. The molecule has 1 atom stereocenters. The molecule has 0 saturated carbocycles. The summed E-state index contributed by atoms with van der Waals surface area (Å²) in [5.41, 5.74) is 2.03. The van der Waals surface area contributed by atoms with Crippen LogP contribution < -0.4 is 14.8 Å². The van der Waals surface area contributed by atoms with Crippen LogP contribution >= 0.6 is 0 Å². The minimum atomic E-state index is 0.0254. The number of nitrogens with one attached hydrogen (secondary N) is 1. The van der Waals surface area contributed by atoms with Crippen LogP contribution in [0.1, 0.15) is 30.9 Å². The lowest BCUT2D eigenvalue weighted by atomic mass is 10.0. The fourth-order valence-corrected chi connectivity index (χ4v) is 3.69. The monoisotopic (exact) mass is 352 g/mol. The number of amides is 1. The van der Waals surface area contributed by atoms with Crippen molar-refractivity contribution >= 4 is 11.6 Å². The van der Waals surface area contributed by atoms with Crippen LogP contribution in [0.25, 0.3) is 0 Å². The number of ether oxygens (including phenoxy) is 2. The molecule has 4 rings (SSSR count). The Labute approximate surface area is 153 Å². The minimum absolute atomic E-state index is 0.0254. The van der Waals surface area contributed by atoms with Gasteiger partial charge in [0.05, 0.1) is 19.8 Å². The first-order chi connectivity index (χ1) is 12.8. The second kappa shape index (κ2) is 7.79. The van der Waals surface area contributed by atoms with Gasteiger partial charge in [0.2, 0.25) is 5.91 Å². The van der Waals surface area contributed by atoms with E-state index in [1.807, 2.05) is 36.4 Å². The Hall–Kier alpha value is -2.53. The van der Waals surface area contributed by atoms with E-state index in [4.69, 9.17) is 9.47 Å². The molecule has 5 nitrogen and oxygen atoms in total. The smallest absolute Gasteiger partial charge is 0.238 e. The van der Waals surface area contributed by atoms with Crippen LogP contribution in [-0.4, -0.2) is 37.1 Å². The van der Waals surface area contributed by atoms with E-state index in [-0.39, 0.29) is 11.9 Å². The van der Waals surface area contributed by atoms with Crippen molar-refractivity contribution in [3.8, 4) is 11.5 Å². The maximum absolute atomic E-state index is 12.4. The molecular formula is C21H24N2O3. The summed E-state index contributed by atoms with van der Waals surface area (Å²) in [5.74, 6) is 1.66. The first-order valence-electron chi connectivity index (χ1n) is 9.28. The van der Waals surface area contributed by atoms with Crippen molar-refractivity contribution < 1.29 is 14.3 Å². The lowest BCUT2D eigenvalue weighted by Gasteiger charge is -2.25. The second-order valence-corrected chi connectivity index (χ2v) is 6.80. The van der Waals surface area contributed by atoms with Crippen LogP contribution in [-0.2, 0) is 4.79 Å². The lowest BCUT2D eigenvalue weighted by molar-refractivity contribution is -0.117. The Bertz CT molecular complexity index is 763. The molecule has 0 spiro atoms. The van der Waals surface area contributed by atoms with Crippen LogP contribution in [0.15, 0.2) is 48.5 Å². The summed E-state index contributed by atoms with van der Waals surface area (Å²) in [6.07, 6.45) is 3.05. The van der Waals surface area contributed by atoms with Crippen molar-refractivity contribution in [2.45, 2.75) is 25.3 Å². The number of anilines is 1. The van der Waals surface area contributed by atoms with Gasteiger partial charge >= 0.3 is 0 Å². The maximum atomic E-state index is 12.4. The Morgan fingerprint density at radius 2 is 1.85 bits per heavy atom. The number of para-hydroxylation sites is 1. The van der Waals surface area contributed by atoms with Crippen molar-refractivity contribution in [1.29, 1.82) is 0 Å². The van der Waals surface area contributed by atoms with Gasteiger partial charge in [-0.3, -0.25) is 9.69 Å². The van der Waals surface area contributed by atoms with E-state index >= 15 is 0 Å². The summed E-state index contributed by atoms with van der Waals surface area (Å²) in [6, 6.07) is 16.0. The molecule has 1 N–H and O–H groups in total. The van der Waals surface area contributed by atoms with E-state index in [1.165, 1.54) is 5.56 Å². The summed E-state index contributed by atoms with van der Waals surface area (Å²) in [4.78, 5) is 14.7. The summed E-state index contributed by atoms with van der Waals surface area (Å²) in [6.45, 7) is 2.71. The molecule has 2 aliphatic heterocycles. The first kappa shape index (κ1) is 16.9. The molecule has 1 saturated heterocycles. The van der Waals surface area contributed by atoms with E-state index in [9.17, 15) is 4.79 Å². The zero-order chi connectivity index (χ0) is 17.8. The molecule has 2 aromatic rings. The van der Waals surface area contributed by atoms with Crippen molar-refractivity contribution in [2.75, 3.05) is 31.6 Å². The molecule has 5 heteroatoms. The van der Waals surface area contributed by atoms with Crippen molar-refractivity contribution in [1.82, 2.24) is 4.90 Å². The van der Waals surface area contributed by atoms with Crippen LogP contribution in [0, 0.1) is 0 Å². The molecule has 0 aliphatic carbocycles. The van der Waals surface area contributed by atoms with Gasteiger partial charge in [0.15, 0.2) is 11.5 Å². The second-order valence-electron chi connectivity index (χ2n) is 6.80. The molecular weight excluding hydrogens is 328 g/mol. The zero-order valence-electron chi connectivity index (χ0n) is 14.8. The summed E-state index contributed by atoms with van der Waals surface area (Å²) < 4.78 is 11.5. The fourth-order valence-electron chi connectivity index (χ4n) is 3.69. The highest BCUT2D eigenvalue weighted by atomic mass is 16.5. The van der Waals surface area contributed by atoms with Crippen LogP contribution in [0.5, 0.6) is 11.5 Å². The maximum Gasteiger partial charge on any atom is 0.238 e. The van der Waals surface area contributed by atoms with Crippen molar-refractivity contribution in [2.24, 2.45) is 0 Å².